The number of fused-ring (bicyclic) bond motifs is 1. The van der Waals surface area contributed by atoms with Gasteiger partial charge in [0, 0.05) is 6.07 Å². The van der Waals surface area contributed by atoms with Gasteiger partial charge >= 0.3 is 0 Å². The van der Waals surface area contributed by atoms with Gasteiger partial charge in [0.05, 0.1) is 7.11 Å². The number of ether oxygens (including phenoxy) is 1. The van der Waals surface area contributed by atoms with Crippen LogP contribution < -0.4 is 16.2 Å². The molecule has 0 spiro atoms. The van der Waals surface area contributed by atoms with Crippen LogP contribution in [0, 0.1) is 5.92 Å². The second-order valence-corrected chi connectivity index (χ2v) is 4.63. The van der Waals surface area contributed by atoms with E-state index in [9.17, 15) is 4.79 Å². The molecular formula is C12H17N5O2. The third kappa shape index (κ3) is 2.18. The van der Waals surface area contributed by atoms with Gasteiger partial charge in [0.2, 0.25) is 17.7 Å². The molecule has 1 amide bonds. The molecule has 2 aromatic heterocycles. The number of pyridine rings is 1. The van der Waals surface area contributed by atoms with Crippen molar-refractivity contribution in [2.24, 2.45) is 11.7 Å². The van der Waals surface area contributed by atoms with Crippen molar-refractivity contribution in [2.45, 2.75) is 19.9 Å². The Kier molecular flexibility index (Phi) is 3.28. The van der Waals surface area contributed by atoms with Crippen molar-refractivity contribution in [2.75, 3.05) is 12.8 Å². The standard InChI is InChI=1S/C12H17N5O2/c1-6(2)9(10(13)18)17-11-7(15-12(17)14)4-5-8(16-11)19-3/h4-6,9H,1-3H3,(H2,13,18)(H2,14,15). The third-order valence-electron chi connectivity index (χ3n) is 2.95. The molecule has 19 heavy (non-hydrogen) atoms. The fourth-order valence-electron chi connectivity index (χ4n) is 2.12. The number of methoxy groups -OCH3 is 1. The molecule has 0 saturated heterocycles. The van der Waals surface area contributed by atoms with Crippen LogP contribution in [0.3, 0.4) is 0 Å². The minimum absolute atomic E-state index is 0.0230. The summed E-state index contributed by atoms with van der Waals surface area (Å²) in [7, 11) is 1.52. The highest BCUT2D eigenvalue weighted by molar-refractivity contribution is 5.83. The summed E-state index contributed by atoms with van der Waals surface area (Å²) in [5.41, 5.74) is 12.4. The number of anilines is 1. The van der Waals surface area contributed by atoms with Crippen LogP contribution in [0.1, 0.15) is 19.9 Å². The average Bonchev–Trinajstić information content (AvgIpc) is 2.65. The lowest BCUT2D eigenvalue weighted by molar-refractivity contribution is -0.122. The molecular weight excluding hydrogens is 246 g/mol. The number of carbonyl (C=O) groups is 1. The van der Waals surface area contributed by atoms with Crippen molar-refractivity contribution in [3.63, 3.8) is 0 Å². The molecule has 0 saturated carbocycles. The van der Waals surface area contributed by atoms with Gasteiger partial charge in [-0.1, -0.05) is 13.8 Å². The van der Waals surface area contributed by atoms with Gasteiger partial charge in [-0.2, -0.15) is 4.98 Å². The summed E-state index contributed by atoms with van der Waals surface area (Å²) in [5, 5.41) is 0. The lowest BCUT2D eigenvalue weighted by Crippen LogP contribution is -2.31. The topological polar surface area (TPSA) is 109 Å². The molecule has 0 aliphatic carbocycles. The lowest BCUT2D eigenvalue weighted by Gasteiger charge is -2.20. The van der Waals surface area contributed by atoms with Crippen LogP contribution in [0.4, 0.5) is 5.95 Å². The number of hydrogen-bond donors (Lipinski definition) is 2. The Morgan fingerprint density at radius 1 is 1.37 bits per heavy atom. The van der Waals surface area contributed by atoms with E-state index in [4.69, 9.17) is 16.2 Å². The highest BCUT2D eigenvalue weighted by Gasteiger charge is 2.26. The van der Waals surface area contributed by atoms with Crippen LogP contribution >= 0.6 is 0 Å². The Hall–Kier alpha value is -2.31. The molecule has 1 atom stereocenters. The zero-order valence-electron chi connectivity index (χ0n) is 11.1. The molecule has 0 bridgehead atoms. The summed E-state index contributed by atoms with van der Waals surface area (Å²) in [4.78, 5) is 20.1. The van der Waals surface area contributed by atoms with Crippen molar-refractivity contribution in [3.05, 3.63) is 12.1 Å². The number of amides is 1. The summed E-state index contributed by atoms with van der Waals surface area (Å²) in [6.45, 7) is 3.78. The van der Waals surface area contributed by atoms with Gasteiger partial charge in [-0.25, -0.2) is 4.98 Å². The van der Waals surface area contributed by atoms with Gasteiger partial charge in [-0.15, -0.1) is 0 Å². The lowest BCUT2D eigenvalue weighted by atomic mass is 10.0. The van der Waals surface area contributed by atoms with E-state index >= 15 is 0 Å². The minimum Gasteiger partial charge on any atom is -0.481 e. The van der Waals surface area contributed by atoms with Gasteiger partial charge < -0.3 is 16.2 Å². The van der Waals surface area contributed by atoms with Gasteiger partial charge in [0.1, 0.15) is 11.6 Å². The monoisotopic (exact) mass is 263 g/mol. The van der Waals surface area contributed by atoms with Crippen molar-refractivity contribution < 1.29 is 9.53 Å². The van der Waals surface area contributed by atoms with E-state index in [0.29, 0.717) is 17.0 Å². The molecule has 2 heterocycles. The van der Waals surface area contributed by atoms with Crippen LogP contribution in [0.5, 0.6) is 5.88 Å². The molecule has 7 heteroatoms. The predicted octanol–water partition coefficient (Wildman–Crippen LogP) is 0.704. The molecule has 0 radical (unpaired) electrons. The largest absolute Gasteiger partial charge is 0.481 e. The average molecular weight is 263 g/mol. The number of nitrogens with two attached hydrogens (primary N) is 2. The van der Waals surface area contributed by atoms with E-state index in [-0.39, 0.29) is 11.9 Å². The smallest absolute Gasteiger partial charge is 0.240 e. The first kappa shape index (κ1) is 13.1. The summed E-state index contributed by atoms with van der Waals surface area (Å²) in [6, 6.07) is 2.84. The number of hydrogen-bond acceptors (Lipinski definition) is 5. The Morgan fingerprint density at radius 2 is 2.05 bits per heavy atom. The Balaban J connectivity index is 2.69. The van der Waals surface area contributed by atoms with Gasteiger partial charge in [0.25, 0.3) is 0 Å². The normalized spacial score (nSPS) is 12.8. The molecule has 0 aliphatic rings. The molecule has 2 rings (SSSR count). The van der Waals surface area contributed by atoms with Gasteiger partial charge in [0.15, 0.2) is 5.65 Å². The fraction of sp³-hybridized carbons (Fsp3) is 0.417. The van der Waals surface area contributed by atoms with Gasteiger partial charge in [-0.05, 0) is 12.0 Å². The summed E-state index contributed by atoms with van der Waals surface area (Å²) >= 11 is 0. The van der Waals surface area contributed by atoms with Crippen molar-refractivity contribution >= 4 is 23.0 Å². The van der Waals surface area contributed by atoms with E-state index in [1.165, 1.54) is 7.11 Å². The fourth-order valence-corrected chi connectivity index (χ4v) is 2.12. The second-order valence-electron chi connectivity index (χ2n) is 4.63. The van der Waals surface area contributed by atoms with E-state index < -0.39 is 11.9 Å². The van der Waals surface area contributed by atoms with Crippen LogP contribution in [0.2, 0.25) is 0 Å². The molecule has 7 nitrogen and oxygen atoms in total. The summed E-state index contributed by atoms with van der Waals surface area (Å²) in [5.74, 6) is 0.157. The van der Waals surface area contributed by atoms with Crippen molar-refractivity contribution in [1.82, 2.24) is 14.5 Å². The first-order valence-corrected chi connectivity index (χ1v) is 5.93. The predicted molar refractivity (Wildman–Crippen MR) is 71.6 cm³/mol. The Morgan fingerprint density at radius 3 is 2.58 bits per heavy atom. The quantitative estimate of drug-likeness (QED) is 0.844. The molecule has 0 aromatic carbocycles. The molecule has 0 fully saturated rings. The Labute approximate surface area is 110 Å². The second kappa shape index (κ2) is 4.75. The number of rotatable bonds is 4. The first-order valence-electron chi connectivity index (χ1n) is 5.93. The molecule has 4 N–H and O–H groups in total. The molecule has 1 unspecified atom stereocenters. The molecule has 0 aliphatic heterocycles. The third-order valence-corrected chi connectivity index (χ3v) is 2.95. The SMILES string of the molecule is COc1ccc2nc(N)n(C(C(N)=O)C(C)C)c2n1. The minimum atomic E-state index is -0.593. The maximum absolute atomic E-state index is 11.6. The summed E-state index contributed by atoms with van der Waals surface area (Å²) in [6.07, 6.45) is 0. The zero-order chi connectivity index (χ0) is 14.2. The number of primary amides is 1. The number of nitrogens with zero attached hydrogens (tertiary/aromatic N) is 3. The van der Waals surface area contributed by atoms with Crippen LogP contribution in [-0.2, 0) is 4.79 Å². The van der Waals surface area contributed by atoms with E-state index in [1.807, 2.05) is 13.8 Å². The number of carbonyl (C=O) groups excluding carboxylic acids is 1. The summed E-state index contributed by atoms with van der Waals surface area (Å²) < 4.78 is 6.64. The van der Waals surface area contributed by atoms with Crippen LogP contribution in [-0.4, -0.2) is 27.6 Å². The van der Waals surface area contributed by atoms with Crippen LogP contribution in [0.15, 0.2) is 12.1 Å². The van der Waals surface area contributed by atoms with Crippen molar-refractivity contribution in [3.8, 4) is 5.88 Å². The highest BCUT2D eigenvalue weighted by atomic mass is 16.5. The number of aromatic nitrogens is 3. The molecule has 2 aromatic rings. The highest BCUT2D eigenvalue weighted by Crippen LogP contribution is 2.27. The van der Waals surface area contributed by atoms with Gasteiger partial charge in [-0.3, -0.25) is 9.36 Å². The zero-order valence-corrected chi connectivity index (χ0v) is 11.1. The van der Waals surface area contributed by atoms with E-state index in [2.05, 4.69) is 9.97 Å². The Bertz CT molecular complexity index is 620. The molecule has 102 valence electrons. The maximum atomic E-state index is 11.6. The number of imidazole rings is 1. The maximum Gasteiger partial charge on any atom is 0.240 e. The van der Waals surface area contributed by atoms with E-state index in [1.54, 1.807) is 16.7 Å². The van der Waals surface area contributed by atoms with E-state index in [0.717, 1.165) is 0 Å². The van der Waals surface area contributed by atoms with Crippen LogP contribution in [0.25, 0.3) is 11.2 Å². The van der Waals surface area contributed by atoms with Crippen molar-refractivity contribution in [1.29, 1.82) is 0 Å². The first-order chi connectivity index (χ1) is 8.95. The number of nitrogen functional groups attached to an aromatic ring is 1.